The summed E-state index contributed by atoms with van der Waals surface area (Å²) < 4.78 is 28.9. The van der Waals surface area contributed by atoms with E-state index in [1.54, 1.807) is 30.8 Å². The number of hydrogen-bond acceptors (Lipinski definition) is 1. The Labute approximate surface area is 109 Å². The number of halogens is 2. The van der Waals surface area contributed by atoms with Gasteiger partial charge in [-0.25, -0.2) is 8.78 Å². The zero-order valence-corrected chi connectivity index (χ0v) is 10.6. The maximum Gasteiger partial charge on any atom is 0.126 e. The van der Waals surface area contributed by atoms with Gasteiger partial charge in [0.2, 0.25) is 0 Å². The monoisotopic (exact) mass is 258 g/mol. The number of benzene rings is 2. The van der Waals surface area contributed by atoms with E-state index in [-0.39, 0.29) is 11.6 Å². The highest BCUT2D eigenvalue weighted by Crippen LogP contribution is 2.30. The summed E-state index contributed by atoms with van der Waals surface area (Å²) in [6.07, 6.45) is 1.81. The van der Waals surface area contributed by atoms with Crippen LogP contribution in [0.3, 0.4) is 0 Å². The van der Waals surface area contributed by atoms with Gasteiger partial charge < -0.3 is 0 Å². The molecular weight excluding hydrogens is 246 g/mol. The first-order valence-corrected chi connectivity index (χ1v) is 5.94. The van der Waals surface area contributed by atoms with Crippen molar-refractivity contribution in [2.75, 3.05) is 0 Å². The van der Waals surface area contributed by atoms with Gasteiger partial charge in [-0.05, 0) is 35.7 Å². The third-order valence-corrected chi connectivity index (χ3v) is 3.19. The molecule has 96 valence electrons. The fourth-order valence-corrected chi connectivity index (χ4v) is 2.21. The lowest BCUT2D eigenvalue weighted by molar-refractivity contribution is 0.618. The molecule has 19 heavy (non-hydrogen) atoms. The molecule has 0 aliphatic carbocycles. The van der Waals surface area contributed by atoms with E-state index in [4.69, 9.17) is 0 Å². The van der Waals surface area contributed by atoms with Gasteiger partial charge in [0.25, 0.3) is 0 Å². The molecule has 0 bridgehead atoms. The molecule has 0 fully saturated rings. The van der Waals surface area contributed by atoms with Crippen LogP contribution < -0.4 is 0 Å². The van der Waals surface area contributed by atoms with Crippen molar-refractivity contribution in [1.82, 2.24) is 9.78 Å². The zero-order valence-electron chi connectivity index (χ0n) is 10.6. The quantitative estimate of drug-likeness (QED) is 0.648. The number of aryl methyl sites for hydroxylation is 2. The molecule has 0 saturated heterocycles. The minimum atomic E-state index is -0.373. The van der Waals surface area contributed by atoms with Gasteiger partial charge >= 0.3 is 0 Å². The van der Waals surface area contributed by atoms with Gasteiger partial charge in [-0.3, -0.25) is 4.68 Å². The molecule has 3 rings (SSSR count). The molecule has 2 aromatic carbocycles. The Kier molecular flexibility index (Phi) is 2.59. The van der Waals surface area contributed by atoms with Crippen LogP contribution in [0, 0.1) is 18.6 Å². The Morgan fingerprint density at radius 2 is 1.89 bits per heavy atom. The predicted molar refractivity (Wildman–Crippen MR) is 70.8 cm³/mol. The number of fused-ring (bicyclic) bond motifs is 1. The fraction of sp³-hybridized carbons (Fsp3) is 0.133. The number of aromatic nitrogens is 2. The summed E-state index contributed by atoms with van der Waals surface area (Å²) in [5.41, 5.74) is 2.45. The molecular formula is C15H12F2N2. The first-order valence-electron chi connectivity index (χ1n) is 5.94. The smallest absolute Gasteiger partial charge is 0.126 e. The molecule has 4 heteroatoms. The SMILES string of the molecule is Cc1ccc(-c2cc(F)cc3nn(C)cc23)cc1F. The summed E-state index contributed by atoms with van der Waals surface area (Å²) in [5, 5.41) is 5.00. The lowest BCUT2D eigenvalue weighted by Gasteiger charge is -2.05. The average molecular weight is 258 g/mol. The third kappa shape index (κ3) is 1.99. The molecule has 0 unspecified atom stereocenters. The van der Waals surface area contributed by atoms with E-state index in [1.807, 2.05) is 6.20 Å². The van der Waals surface area contributed by atoms with Crippen molar-refractivity contribution in [1.29, 1.82) is 0 Å². The van der Waals surface area contributed by atoms with E-state index >= 15 is 0 Å². The Balaban J connectivity index is 2.31. The molecule has 0 aliphatic rings. The van der Waals surface area contributed by atoms with Crippen LogP contribution in [0.25, 0.3) is 22.0 Å². The summed E-state index contributed by atoms with van der Waals surface area (Å²) >= 11 is 0. The first kappa shape index (κ1) is 11.8. The van der Waals surface area contributed by atoms with E-state index in [0.29, 0.717) is 22.2 Å². The Morgan fingerprint density at radius 1 is 1.11 bits per heavy atom. The number of hydrogen-bond donors (Lipinski definition) is 0. The Bertz CT molecular complexity index is 775. The minimum Gasteiger partial charge on any atom is -0.275 e. The zero-order chi connectivity index (χ0) is 13.6. The molecule has 2 nitrogen and oxygen atoms in total. The highest BCUT2D eigenvalue weighted by atomic mass is 19.1. The van der Waals surface area contributed by atoms with Gasteiger partial charge in [-0.1, -0.05) is 12.1 Å². The van der Waals surface area contributed by atoms with Gasteiger partial charge in [0.05, 0.1) is 5.52 Å². The largest absolute Gasteiger partial charge is 0.275 e. The van der Waals surface area contributed by atoms with Crippen LogP contribution in [-0.2, 0) is 7.05 Å². The van der Waals surface area contributed by atoms with Crippen molar-refractivity contribution >= 4 is 10.9 Å². The van der Waals surface area contributed by atoms with Crippen molar-refractivity contribution < 1.29 is 8.78 Å². The Morgan fingerprint density at radius 3 is 2.63 bits per heavy atom. The maximum atomic E-state index is 13.7. The van der Waals surface area contributed by atoms with Crippen LogP contribution in [0.15, 0.2) is 36.5 Å². The van der Waals surface area contributed by atoms with E-state index in [9.17, 15) is 8.78 Å². The van der Waals surface area contributed by atoms with E-state index in [2.05, 4.69) is 5.10 Å². The molecule has 0 amide bonds. The molecule has 0 saturated carbocycles. The second kappa shape index (κ2) is 4.16. The van der Waals surface area contributed by atoms with E-state index in [1.165, 1.54) is 18.2 Å². The fourth-order valence-electron chi connectivity index (χ4n) is 2.21. The highest BCUT2D eigenvalue weighted by Gasteiger charge is 2.11. The van der Waals surface area contributed by atoms with Crippen LogP contribution >= 0.6 is 0 Å². The van der Waals surface area contributed by atoms with Crippen LogP contribution in [0.1, 0.15) is 5.56 Å². The predicted octanol–water partition coefficient (Wildman–Crippen LogP) is 3.83. The van der Waals surface area contributed by atoms with Crippen molar-refractivity contribution in [2.24, 2.45) is 7.05 Å². The van der Waals surface area contributed by atoms with Gasteiger partial charge in [-0.15, -0.1) is 0 Å². The average Bonchev–Trinajstić information content (AvgIpc) is 2.72. The van der Waals surface area contributed by atoms with Crippen molar-refractivity contribution in [2.45, 2.75) is 6.92 Å². The molecule has 0 N–H and O–H groups in total. The summed E-state index contributed by atoms with van der Waals surface area (Å²) in [5.74, 6) is -0.666. The van der Waals surface area contributed by atoms with Crippen LogP contribution in [0.4, 0.5) is 8.78 Å². The van der Waals surface area contributed by atoms with E-state index in [0.717, 1.165) is 5.39 Å². The van der Waals surface area contributed by atoms with Crippen LogP contribution in [0.5, 0.6) is 0 Å². The van der Waals surface area contributed by atoms with Crippen LogP contribution in [-0.4, -0.2) is 9.78 Å². The Hall–Kier alpha value is -2.23. The van der Waals surface area contributed by atoms with Gasteiger partial charge in [0.1, 0.15) is 11.6 Å². The first-order chi connectivity index (χ1) is 9.04. The molecule has 3 aromatic rings. The maximum absolute atomic E-state index is 13.7. The van der Waals surface area contributed by atoms with E-state index < -0.39 is 0 Å². The van der Waals surface area contributed by atoms with Gasteiger partial charge in [-0.2, -0.15) is 5.10 Å². The third-order valence-electron chi connectivity index (χ3n) is 3.19. The number of nitrogens with zero attached hydrogens (tertiary/aromatic N) is 2. The summed E-state index contributed by atoms with van der Waals surface area (Å²) in [4.78, 5) is 0. The summed E-state index contributed by atoms with van der Waals surface area (Å²) in [7, 11) is 1.78. The molecule has 0 atom stereocenters. The van der Waals surface area contributed by atoms with Gasteiger partial charge in [0, 0.05) is 24.7 Å². The second-order valence-corrected chi connectivity index (χ2v) is 4.65. The molecule has 0 radical (unpaired) electrons. The second-order valence-electron chi connectivity index (χ2n) is 4.65. The molecule has 0 spiro atoms. The van der Waals surface area contributed by atoms with Crippen molar-refractivity contribution in [3.05, 3.63) is 53.7 Å². The summed E-state index contributed by atoms with van der Waals surface area (Å²) in [6.45, 7) is 1.70. The molecule has 1 aromatic heterocycles. The van der Waals surface area contributed by atoms with Crippen LogP contribution in [0.2, 0.25) is 0 Å². The minimum absolute atomic E-state index is 0.293. The topological polar surface area (TPSA) is 17.8 Å². The van der Waals surface area contributed by atoms with Crippen molar-refractivity contribution in [3.8, 4) is 11.1 Å². The van der Waals surface area contributed by atoms with Gasteiger partial charge in [0.15, 0.2) is 0 Å². The molecule has 0 aliphatic heterocycles. The lowest BCUT2D eigenvalue weighted by atomic mass is 10.0. The number of rotatable bonds is 1. The highest BCUT2D eigenvalue weighted by molar-refractivity contribution is 5.94. The standard InChI is InChI=1S/C15H12F2N2/c1-9-3-4-10(5-14(9)17)12-6-11(16)7-15-13(12)8-19(2)18-15/h3-8H,1-2H3. The lowest BCUT2D eigenvalue weighted by Crippen LogP contribution is -1.86. The normalized spacial score (nSPS) is 11.2. The van der Waals surface area contributed by atoms with Crippen molar-refractivity contribution in [3.63, 3.8) is 0 Å². The molecule has 1 heterocycles. The summed E-state index contributed by atoms with van der Waals surface area (Å²) in [6, 6.07) is 7.70.